The van der Waals surface area contributed by atoms with E-state index in [1.165, 1.54) is 110 Å². The van der Waals surface area contributed by atoms with Gasteiger partial charge >= 0.3 is 23.1 Å². The third kappa shape index (κ3) is 27.2. The van der Waals surface area contributed by atoms with E-state index < -0.39 is 0 Å². The summed E-state index contributed by atoms with van der Waals surface area (Å²) in [6.07, 6.45) is 17.3. The van der Waals surface area contributed by atoms with Gasteiger partial charge in [-0.15, -0.1) is 0 Å². The van der Waals surface area contributed by atoms with Gasteiger partial charge in [-0.3, -0.25) is 4.84 Å². The fraction of sp³-hybridized carbons (Fsp3) is 0.419. The van der Waals surface area contributed by atoms with Crippen molar-refractivity contribution in [1.82, 2.24) is 15.7 Å². The third-order valence-corrected chi connectivity index (χ3v) is 12.9. The first kappa shape index (κ1) is 59.8. The Morgan fingerprint density at radius 2 is 0.718 bits per heavy atom. The number of hydrogen-bond acceptors (Lipinski definition) is 7. The first-order chi connectivity index (χ1) is 34.2. The summed E-state index contributed by atoms with van der Waals surface area (Å²) >= 11 is 0. The predicted octanol–water partition coefficient (Wildman–Crippen LogP) is 11.0. The molecule has 0 aromatic heterocycles. The van der Waals surface area contributed by atoms with Crippen molar-refractivity contribution in [2.24, 2.45) is 11.8 Å². The van der Waals surface area contributed by atoms with Gasteiger partial charge in [-0.05, 0) is 90.2 Å². The molecule has 3 fully saturated rings. The van der Waals surface area contributed by atoms with Crippen molar-refractivity contribution >= 4 is 23.1 Å². The summed E-state index contributed by atoms with van der Waals surface area (Å²) in [7, 11) is 0. The minimum Gasteiger partial charge on any atom is -1.00 e. The average molecular weight is 1040 g/mol. The molecule has 1 saturated heterocycles. The third-order valence-electron chi connectivity index (χ3n) is 12.9. The van der Waals surface area contributed by atoms with Crippen LogP contribution in [0.25, 0.3) is 0 Å². The van der Waals surface area contributed by atoms with Crippen LogP contribution in [0.5, 0.6) is 0 Å². The van der Waals surface area contributed by atoms with Crippen LogP contribution in [0.3, 0.4) is 0 Å². The maximum Gasteiger partial charge on any atom is 2.00 e. The fourth-order valence-electron chi connectivity index (χ4n) is 8.93. The van der Waals surface area contributed by atoms with Crippen LogP contribution >= 0.6 is 0 Å². The molecule has 1 aliphatic heterocycles. The molecule has 1 unspecified atom stereocenters. The van der Waals surface area contributed by atoms with Gasteiger partial charge in [0.15, 0.2) is 0 Å². The molecular formula is C62H82BrMgN3O4. The molecular weight excluding hydrogens is 955 g/mol. The average Bonchev–Trinajstić information content (AvgIpc) is 3.42. The van der Waals surface area contributed by atoms with Gasteiger partial charge in [0, 0.05) is 45.9 Å². The van der Waals surface area contributed by atoms with Gasteiger partial charge in [-0.1, -0.05) is 221 Å². The molecule has 2 N–H and O–H groups in total. The molecule has 1 atom stereocenters. The van der Waals surface area contributed by atoms with Crippen LogP contribution in [0.2, 0.25) is 0 Å². The zero-order chi connectivity index (χ0) is 47.5. The molecule has 3 aliphatic rings. The van der Waals surface area contributed by atoms with E-state index in [9.17, 15) is 0 Å². The normalized spacial score (nSPS) is 15.8. The van der Waals surface area contributed by atoms with Crippen molar-refractivity contribution in [3.8, 4) is 0 Å². The van der Waals surface area contributed by atoms with Crippen LogP contribution in [-0.2, 0) is 58.6 Å². The van der Waals surface area contributed by atoms with Crippen molar-refractivity contribution in [2.75, 3.05) is 26.4 Å². The first-order valence-corrected chi connectivity index (χ1v) is 26.1. The van der Waals surface area contributed by atoms with E-state index in [1.54, 1.807) is 0 Å². The fourth-order valence-corrected chi connectivity index (χ4v) is 8.93. The van der Waals surface area contributed by atoms with Crippen molar-refractivity contribution in [1.29, 1.82) is 0 Å². The maximum atomic E-state index is 6.22. The number of halogens is 1. The Kier molecular flexibility index (Phi) is 32.7. The summed E-state index contributed by atoms with van der Waals surface area (Å²) < 4.78 is 5.56. The molecule has 6 aromatic carbocycles. The minimum absolute atomic E-state index is 0. The standard InChI is InChI=1S/C21H27NO.2C14H15N.C13H24O3.BrH.Mg.H/c1-4-10-19(11-5-1)16-22(17-20-12-6-2-7-13-20)23-18-21-14-8-3-9-15-21;2*1-3-7-13(8-4-1)11-15-12-14-9-5-2-6-10-14;1-2-6-12(7-3-1)10-15-16-11-13-8-4-5-9-14-13;;;/h1-2,4-7,10-13,21H,3,8-9,14-18H2;2*1-10,15H,11-12H2;12-13H,1-11H2;1H;;/q;;;;;+2;-1/p-1. The number of ether oxygens (including phenoxy) is 1. The molecule has 1 heterocycles. The van der Waals surface area contributed by atoms with E-state index >= 15 is 0 Å². The SMILES string of the molecule is C1CCC(COOCC2CCCCO2)CC1.[Br-].[H-].[Mg+2].c1ccc(CN(Cc2ccccc2)OCC2CCCCC2)cc1.c1ccc(CNCc2ccccc2)cc1.c1ccc(CNCc2ccccc2)cc1. The van der Waals surface area contributed by atoms with Gasteiger partial charge < -0.3 is 33.8 Å². The van der Waals surface area contributed by atoms with E-state index in [0.717, 1.165) is 77.3 Å². The second-order valence-electron chi connectivity index (χ2n) is 18.8. The quantitative estimate of drug-likeness (QED) is 0.0342. The van der Waals surface area contributed by atoms with Crippen LogP contribution in [0.1, 0.15) is 118 Å². The number of nitrogens with zero attached hydrogens (tertiary/aromatic N) is 1. The molecule has 2 aliphatic carbocycles. The number of rotatable bonds is 20. The van der Waals surface area contributed by atoms with Crippen LogP contribution in [0, 0.1) is 11.8 Å². The van der Waals surface area contributed by atoms with Gasteiger partial charge in [-0.25, -0.2) is 9.78 Å². The molecule has 2 saturated carbocycles. The minimum atomic E-state index is 0. The second-order valence-corrected chi connectivity index (χ2v) is 18.8. The van der Waals surface area contributed by atoms with Crippen LogP contribution in [0.4, 0.5) is 0 Å². The molecule has 0 radical (unpaired) electrons. The van der Waals surface area contributed by atoms with Crippen LogP contribution in [-0.4, -0.2) is 60.6 Å². The number of nitrogens with one attached hydrogen (secondary N) is 2. The van der Waals surface area contributed by atoms with E-state index in [1.807, 2.05) is 24.3 Å². The Bertz CT molecular complexity index is 1880. The molecule has 7 nitrogen and oxygen atoms in total. The van der Waals surface area contributed by atoms with Gasteiger partial charge in [0.05, 0.1) is 19.3 Å². The van der Waals surface area contributed by atoms with Gasteiger partial charge in [-0.2, -0.15) is 5.06 Å². The van der Waals surface area contributed by atoms with Crippen molar-refractivity contribution in [3.05, 3.63) is 215 Å². The molecule has 6 aromatic rings. The molecule has 9 rings (SSSR count). The molecule has 71 heavy (non-hydrogen) atoms. The van der Waals surface area contributed by atoms with E-state index in [-0.39, 0.29) is 47.6 Å². The molecule has 0 spiro atoms. The monoisotopic (exact) mass is 1040 g/mol. The smallest absolute Gasteiger partial charge is 1.00 e. The Balaban J connectivity index is 0.000000254. The number of benzene rings is 6. The summed E-state index contributed by atoms with van der Waals surface area (Å²) in [5.41, 5.74) is 7.91. The van der Waals surface area contributed by atoms with E-state index in [4.69, 9.17) is 19.3 Å². The zero-order valence-corrected chi connectivity index (χ0v) is 45.5. The predicted molar refractivity (Wildman–Crippen MR) is 290 cm³/mol. The van der Waals surface area contributed by atoms with Crippen molar-refractivity contribution in [3.63, 3.8) is 0 Å². The van der Waals surface area contributed by atoms with Gasteiger partial charge in [0.2, 0.25) is 0 Å². The largest absolute Gasteiger partial charge is 2.00 e. The van der Waals surface area contributed by atoms with Gasteiger partial charge in [0.25, 0.3) is 0 Å². The summed E-state index contributed by atoms with van der Waals surface area (Å²) in [5, 5.41) is 8.96. The van der Waals surface area contributed by atoms with Crippen molar-refractivity contribution in [2.45, 2.75) is 129 Å². The molecule has 0 amide bonds. The number of hydroxylamine groups is 2. The first-order valence-electron chi connectivity index (χ1n) is 26.1. The van der Waals surface area contributed by atoms with E-state index in [0.29, 0.717) is 6.61 Å². The number of hydrogen-bond donors (Lipinski definition) is 2. The van der Waals surface area contributed by atoms with Gasteiger partial charge in [0.1, 0.15) is 6.61 Å². The Morgan fingerprint density at radius 3 is 1.07 bits per heavy atom. The summed E-state index contributed by atoms with van der Waals surface area (Å²) in [6.45, 7) is 8.50. The topological polar surface area (TPSA) is 64.2 Å². The van der Waals surface area contributed by atoms with Crippen LogP contribution < -0.4 is 27.6 Å². The molecule has 378 valence electrons. The van der Waals surface area contributed by atoms with Crippen LogP contribution in [0.15, 0.2) is 182 Å². The molecule has 0 bridgehead atoms. The van der Waals surface area contributed by atoms with E-state index in [2.05, 4.69) is 173 Å². The Labute approximate surface area is 456 Å². The zero-order valence-electron chi connectivity index (χ0n) is 43.5. The van der Waals surface area contributed by atoms with Crippen molar-refractivity contribution < 1.29 is 37.8 Å². The summed E-state index contributed by atoms with van der Waals surface area (Å²) in [4.78, 5) is 16.8. The summed E-state index contributed by atoms with van der Waals surface area (Å²) in [6, 6.07) is 63.0. The summed E-state index contributed by atoms with van der Waals surface area (Å²) in [5.74, 6) is 1.46. The Hall–Kier alpha value is -3.71. The molecule has 9 heteroatoms. The maximum absolute atomic E-state index is 6.22. The Morgan fingerprint density at radius 1 is 0.394 bits per heavy atom. The second kappa shape index (κ2) is 38.8.